The zero-order valence-electron chi connectivity index (χ0n) is 16.6. The molecule has 0 aliphatic carbocycles. The maximum Gasteiger partial charge on any atom is 0.274 e. The molecule has 148 valence electrons. The van der Waals surface area contributed by atoms with Gasteiger partial charge in [-0.05, 0) is 75.9 Å². The highest BCUT2D eigenvalue weighted by molar-refractivity contribution is 6.33. The van der Waals surface area contributed by atoms with Gasteiger partial charge in [0.1, 0.15) is 5.75 Å². The zero-order chi connectivity index (χ0) is 20.5. The molecule has 0 bridgehead atoms. The van der Waals surface area contributed by atoms with Crippen molar-refractivity contribution in [3.8, 4) is 5.75 Å². The van der Waals surface area contributed by atoms with E-state index in [1.165, 1.54) is 5.01 Å². The van der Waals surface area contributed by atoms with Gasteiger partial charge in [0, 0.05) is 5.56 Å². The van der Waals surface area contributed by atoms with E-state index in [2.05, 4.69) is 5.43 Å². The smallest absolute Gasteiger partial charge is 0.274 e. The number of hydrogen-bond donors (Lipinski definition) is 1. The molecule has 1 aliphatic rings. The van der Waals surface area contributed by atoms with E-state index in [1.54, 1.807) is 30.3 Å². The van der Waals surface area contributed by atoms with Gasteiger partial charge < -0.3 is 4.74 Å². The fourth-order valence-electron chi connectivity index (χ4n) is 3.29. The SMILES string of the molecule is Cc1c(C(=O)NN(C(=O)c2ccccc2Cl)C(C)(C)C)ccc2c1CCCO2. The number of benzene rings is 2. The van der Waals surface area contributed by atoms with Crippen LogP contribution in [0.2, 0.25) is 5.02 Å². The van der Waals surface area contributed by atoms with Gasteiger partial charge in [0.15, 0.2) is 0 Å². The Labute approximate surface area is 170 Å². The van der Waals surface area contributed by atoms with Gasteiger partial charge in [0.2, 0.25) is 0 Å². The van der Waals surface area contributed by atoms with Crippen LogP contribution in [0.5, 0.6) is 5.75 Å². The lowest BCUT2D eigenvalue weighted by atomic mass is 9.96. The summed E-state index contributed by atoms with van der Waals surface area (Å²) in [6, 6.07) is 10.4. The number of hydrazine groups is 1. The number of rotatable bonds is 2. The Hall–Kier alpha value is -2.53. The number of hydrogen-bond acceptors (Lipinski definition) is 3. The van der Waals surface area contributed by atoms with Crippen molar-refractivity contribution >= 4 is 23.4 Å². The van der Waals surface area contributed by atoms with E-state index in [9.17, 15) is 9.59 Å². The van der Waals surface area contributed by atoms with Gasteiger partial charge >= 0.3 is 0 Å². The molecular formula is C22H25ClN2O3. The molecule has 0 fully saturated rings. The van der Waals surface area contributed by atoms with E-state index in [-0.39, 0.29) is 11.8 Å². The van der Waals surface area contributed by atoms with Gasteiger partial charge in [0.25, 0.3) is 11.8 Å². The Balaban J connectivity index is 1.91. The van der Waals surface area contributed by atoms with Crippen LogP contribution in [0.15, 0.2) is 36.4 Å². The molecule has 0 saturated heterocycles. The first-order valence-electron chi connectivity index (χ1n) is 9.35. The summed E-state index contributed by atoms with van der Waals surface area (Å²) in [6.07, 6.45) is 1.81. The van der Waals surface area contributed by atoms with Crippen LogP contribution in [-0.2, 0) is 6.42 Å². The number of ether oxygens (including phenoxy) is 1. The molecule has 2 amide bonds. The van der Waals surface area contributed by atoms with Crippen LogP contribution in [0.4, 0.5) is 0 Å². The third-order valence-corrected chi connectivity index (χ3v) is 5.15. The van der Waals surface area contributed by atoms with Gasteiger partial charge in [-0.15, -0.1) is 0 Å². The van der Waals surface area contributed by atoms with Crippen LogP contribution < -0.4 is 10.2 Å². The number of amides is 2. The topological polar surface area (TPSA) is 58.6 Å². The van der Waals surface area contributed by atoms with E-state index >= 15 is 0 Å². The standard InChI is InChI=1S/C22H25ClN2O3/c1-14-15-9-7-13-28-19(15)12-11-16(14)20(26)24-25(22(2,3)4)21(27)17-8-5-6-10-18(17)23/h5-6,8,10-12H,7,9,13H2,1-4H3,(H,24,26). The minimum Gasteiger partial charge on any atom is -0.493 e. The fourth-order valence-corrected chi connectivity index (χ4v) is 3.51. The van der Waals surface area contributed by atoms with Gasteiger partial charge in [-0.1, -0.05) is 23.7 Å². The fraction of sp³-hybridized carbons (Fsp3) is 0.364. The minimum atomic E-state index is -0.642. The lowest BCUT2D eigenvalue weighted by molar-refractivity contribution is 0.0358. The van der Waals surface area contributed by atoms with E-state index in [0.29, 0.717) is 22.8 Å². The second kappa shape index (κ2) is 7.84. The summed E-state index contributed by atoms with van der Waals surface area (Å²) in [6.45, 7) is 8.18. The molecule has 28 heavy (non-hydrogen) atoms. The zero-order valence-corrected chi connectivity index (χ0v) is 17.4. The Morgan fingerprint density at radius 3 is 2.50 bits per heavy atom. The van der Waals surface area contributed by atoms with E-state index < -0.39 is 5.54 Å². The molecule has 2 aromatic rings. The van der Waals surface area contributed by atoms with Crippen LogP contribution in [0, 0.1) is 6.92 Å². The minimum absolute atomic E-state index is 0.332. The third kappa shape index (κ3) is 3.99. The highest BCUT2D eigenvalue weighted by Gasteiger charge is 2.31. The van der Waals surface area contributed by atoms with E-state index in [1.807, 2.05) is 33.8 Å². The lowest BCUT2D eigenvalue weighted by Crippen LogP contribution is -2.56. The van der Waals surface area contributed by atoms with Crippen molar-refractivity contribution in [1.29, 1.82) is 0 Å². The Morgan fingerprint density at radius 1 is 1.11 bits per heavy atom. The average molecular weight is 401 g/mol. The van der Waals surface area contributed by atoms with E-state index in [0.717, 1.165) is 29.7 Å². The van der Waals surface area contributed by atoms with Gasteiger partial charge in [-0.25, -0.2) is 5.01 Å². The largest absolute Gasteiger partial charge is 0.493 e. The summed E-state index contributed by atoms with van der Waals surface area (Å²) in [4.78, 5) is 26.2. The Bertz CT molecular complexity index is 918. The first-order chi connectivity index (χ1) is 13.2. The maximum atomic E-state index is 13.1. The van der Waals surface area contributed by atoms with Crippen molar-refractivity contribution in [1.82, 2.24) is 10.4 Å². The summed E-state index contributed by atoms with van der Waals surface area (Å²) >= 11 is 6.20. The molecule has 0 unspecified atom stereocenters. The van der Waals surface area contributed by atoms with Crippen molar-refractivity contribution in [2.24, 2.45) is 0 Å². The normalized spacial score (nSPS) is 13.3. The summed E-state index contributed by atoms with van der Waals surface area (Å²) in [5.41, 5.74) is 4.96. The summed E-state index contributed by atoms with van der Waals surface area (Å²) in [5.74, 6) is 0.145. The van der Waals surface area contributed by atoms with Gasteiger partial charge in [-0.2, -0.15) is 0 Å². The summed E-state index contributed by atoms with van der Waals surface area (Å²) in [7, 11) is 0. The molecule has 0 atom stereocenters. The lowest BCUT2D eigenvalue weighted by Gasteiger charge is -2.36. The molecule has 1 heterocycles. The average Bonchev–Trinajstić information content (AvgIpc) is 2.65. The second-order valence-electron chi connectivity index (χ2n) is 7.90. The quantitative estimate of drug-likeness (QED) is 0.752. The Morgan fingerprint density at radius 2 is 1.82 bits per heavy atom. The number of carbonyl (C=O) groups is 2. The number of nitrogens with zero attached hydrogens (tertiary/aromatic N) is 1. The van der Waals surface area contributed by atoms with Gasteiger partial charge in [-0.3, -0.25) is 15.0 Å². The molecule has 3 rings (SSSR count). The highest BCUT2D eigenvalue weighted by Crippen LogP contribution is 2.30. The number of halogens is 1. The molecule has 0 saturated carbocycles. The van der Waals surface area contributed by atoms with Crippen molar-refractivity contribution < 1.29 is 14.3 Å². The van der Waals surface area contributed by atoms with Crippen LogP contribution in [0.25, 0.3) is 0 Å². The maximum absolute atomic E-state index is 13.1. The molecule has 5 nitrogen and oxygen atoms in total. The molecule has 0 radical (unpaired) electrons. The van der Waals surface area contributed by atoms with Crippen molar-refractivity contribution in [2.45, 2.75) is 46.1 Å². The van der Waals surface area contributed by atoms with Crippen molar-refractivity contribution in [2.75, 3.05) is 6.61 Å². The first-order valence-corrected chi connectivity index (χ1v) is 9.73. The monoisotopic (exact) mass is 400 g/mol. The molecule has 1 aliphatic heterocycles. The molecule has 0 spiro atoms. The molecule has 6 heteroatoms. The second-order valence-corrected chi connectivity index (χ2v) is 8.31. The summed E-state index contributed by atoms with van der Waals surface area (Å²) < 4.78 is 5.67. The van der Waals surface area contributed by atoms with E-state index in [4.69, 9.17) is 16.3 Å². The summed E-state index contributed by atoms with van der Waals surface area (Å²) in [5, 5.41) is 1.68. The van der Waals surface area contributed by atoms with Crippen LogP contribution in [-0.4, -0.2) is 29.0 Å². The Kier molecular flexibility index (Phi) is 5.66. The molecule has 1 N–H and O–H groups in total. The number of carbonyl (C=O) groups excluding carboxylic acids is 2. The van der Waals surface area contributed by atoms with Crippen molar-refractivity contribution in [3.05, 3.63) is 63.7 Å². The van der Waals surface area contributed by atoms with Crippen molar-refractivity contribution in [3.63, 3.8) is 0 Å². The predicted octanol–water partition coefficient (Wildman–Crippen LogP) is 4.56. The van der Waals surface area contributed by atoms with Crippen LogP contribution in [0.1, 0.15) is 59.0 Å². The van der Waals surface area contributed by atoms with Crippen LogP contribution in [0.3, 0.4) is 0 Å². The number of fused-ring (bicyclic) bond motifs is 1. The highest BCUT2D eigenvalue weighted by atomic mass is 35.5. The third-order valence-electron chi connectivity index (χ3n) is 4.82. The predicted molar refractivity (Wildman–Crippen MR) is 110 cm³/mol. The van der Waals surface area contributed by atoms with Gasteiger partial charge in [0.05, 0.1) is 22.7 Å². The first kappa shape index (κ1) is 20.2. The van der Waals surface area contributed by atoms with Crippen LogP contribution >= 0.6 is 11.6 Å². The molecule has 0 aromatic heterocycles. The number of nitrogens with one attached hydrogen (secondary N) is 1. The molecular weight excluding hydrogens is 376 g/mol. The molecule has 2 aromatic carbocycles.